The molecule has 1 saturated heterocycles. The van der Waals surface area contributed by atoms with E-state index in [1.165, 1.54) is 9.78 Å². The molecule has 6 heteroatoms. The third-order valence-electron chi connectivity index (χ3n) is 5.24. The average molecular weight is 407 g/mol. The summed E-state index contributed by atoms with van der Waals surface area (Å²) in [6.07, 6.45) is 2.24. The van der Waals surface area contributed by atoms with Crippen LogP contribution in [0.15, 0.2) is 72.1 Å². The molecule has 4 rings (SSSR count). The fourth-order valence-electron chi connectivity index (χ4n) is 3.87. The molecule has 1 aromatic heterocycles. The van der Waals surface area contributed by atoms with Gasteiger partial charge in [0.2, 0.25) is 0 Å². The van der Waals surface area contributed by atoms with E-state index in [2.05, 4.69) is 28.1 Å². The molecule has 0 saturated carbocycles. The van der Waals surface area contributed by atoms with Gasteiger partial charge in [-0.15, -0.1) is 11.3 Å². The van der Waals surface area contributed by atoms with Gasteiger partial charge in [0.1, 0.15) is 6.04 Å². The third kappa shape index (κ3) is 4.72. The number of para-hydroxylation sites is 2. The zero-order valence-electron chi connectivity index (χ0n) is 16.1. The third-order valence-corrected chi connectivity index (χ3v) is 6.22. The van der Waals surface area contributed by atoms with E-state index in [-0.39, 0.29) is 11.8 Å². The van der Waals surface area contributed by atoms with Crippen LogP contribution in [0.2, 0.25) is 0 Å². The number of benzene rings is 2. The van der Waals surface area contributed by atoms with Crippen molar-refractivity contribution < 1.29 is 14.5 Å². The minimum absolute atomic E-state index is 0.0663. The van der Waals surface area contributed by atoms with Crippen LogP contribution in [0.25, 0.3) is 0 Å². The molecule has 29 heavy (non-hydrogen) atoms. The highest BCUT2D eigenvalue weighted by Gasteiger charge is 2.32. The van der Waals surface area contributed by atoms with Crippen LogP contribution in [0.3, 0.4) is 0 Å². The molecule has 0 bridgehead atoms. The predicted molar refractivity (Wildman–Crippen MR) is 116 cm³/mol. The topological polar surface area (TPSA) is 62.6 Å². The van der Waals surface area contributed by atoms with Crippen molar-refractivity contribution >= 4 is 34.5 Å². The molecule has 1 aliphatic heterocycles. The summed E-state index contributed by atoms with van der Waals surface area (Å²) in [5.74, 6) is -0.305. The number of carbonyl (C=O) groups excluding carboxylic acids is 2. The standard InChI is InChI=1S/C23H23N3O2S/c27-22(16-26-14-6-12-20(26)21-13-7-15-29-21)25-19-11-5-4-10-18(19)23(28)24-17-8-2-1-3-9-17/h1-5,7-11,13,15,20H,6,12,14,16H2,(H,24,28)(H,25,27)/p+1/t20-/m0/s1. The van der Waals surface area contributed by atoms with Gasteiger partial charge in [-0.1, -0.05) is 36.4 Å². The Morgan fingerprint density at radius 2 is 1.76 bits per heavy atom. The molecule has 2 amide bonds. The number of rotatable bonds is 6. The molecule has 1 aliphatic rings. The molecule has 2 heterocycles. The molecular weight excluding hydrogens is 382 g/mol. The molecule has 3 aromatic rings. The van der Waals surface area contributed by atoms with Gasteiger partial charge in [-0.2, -0.15) is 0 Å². The van der Waals surface area contributed by atoms with Crippen LogP contribution >= 0.6 is 11.3 Å². The van der Waals surface area contributed by atoms with E-state index >= 15 is 0 Å². The van der Waals surface area contributed by atoms with Crippen LogP contribution in [0.5, 0.6) is 0 Å². The number of hydrogen-bond donors (Lipinski definition) is 3. The van der Waals surface area contributed by atoms with E-state index in [1.54, 1.807) is 29.5 Å². The minimum Gasteiger partial charge on any atom is -0.322 e. The summed E-state index contributed by atoms with van der Waals surface area (Å²) in [5, 5.41) is 7.92. The summed E-state index contributed by atoms with van der Waals surface area (Å²) >= 11 is 1.76. The van der Waals surface area contributed by atoms with Crippen LogP contribution in [0, 0.1) is 0 Å². The lowest BCUT2D eigenvalue weighted by molar-refractivity contribution is -0.910. The monoisotopic (exact) mass is 406 g/mol. The van der Waals surface area contributed by atoms with Gasteiger partial charge >= 0.3 is 0 Å². The van der Waals surface area contributed by atoms with E-state index in [0.29, 0.717) is 23.8 Å². The second kappa shape index (κ2) is 9.03. The maximum Gasteiger partial charge on any atom is 0.279 e. The number of thiophene rings is 1. The first-order valence-corrected chi connectivity index (χ1v) is 10.7. The van der Waals surface area contributed by atoms with Gasteiger partial charge in [-0.3, -0.25) is 9.59 Å². The Kier molecular flexibility index (Phi) is 6.03. The van der Waals surface area contributed by atoms with E-state index in [1.807, 2.05) is 36.4 Å². The highest BCUT2D eigenvalue weighted by molar-refractivity contribution is 7.10. The normalized spacial score (nSPS) is 18.3. The number of amides is 2. The van der Waals surface area contributed by atoms with Gasteiger partial charge in [0.15, 0.2) is 6.54 Å². The van der Waals surface area contributed by atoms with Crippen molar-refractivity contribution in [1.82, 2.24) is 0 Å². The largest absolute Gasteiger partial charge is 0.322 e. The summed E-state index contributed by atoms with van der Waals surface area (Å²) in [6.45, 7) is 1.39. The first-order valence-electron chi connectivity index (χ1n) is 9.84. The van der Waals surface area contributed by atoms with Crippen molar-refractivity contribution in [3.63, 3.8) is 0 Å². The lowest BCUT2D eigenvalue weighted by Gasteiger charge is -2.20. The Morgan fingerprint density at radius 1 is 0.966 bits per heavy atom. The Bertz CT molecular complexity index is 973. The first kappa shape index (κ1) is 19.4. The quantitative estimate of drug-likeness (QED) is 0.588. The van der Waals surface area contributed by atoms with Gasteiger partial charge in [-0.05, 0) is 35.7 Å². The van der Waals surface area contributed by atoms with Crippen molar-refractivity contribution in [2.45, 2.75) is 18.9 Å². The maximum absolute atomic E-state index is 12.8. The van der Waals surface area contributed by atoms with Crippen molar-refractivity contribution in [3.8, 4) is 0 Å². The SMILES string of the molecule is O=C(C[NH+]1CCC[C@H]1c1cccs1)Nc1ccccc1C(=O)Nc1ccccc1. The Balaban J connectivity index is 1.43. The second-order valence-electron chi connectivity index (χ2n) is 7.21. The molecule has 2 atom stereocenters. The van der Waals surface area contributed by atoms with Crippen LogP contribution in [0.4, 0.5) is 11.4 Å². The lowest BCUT2D eigenvalue weighted by atomic mass is 10.1. The van der Waals surface area contributed by atoms with E-state index in [4.69, 9.17) is 0 Å². The molecule has 2 aromatic carbocycles. The van der Waals surface area contributed by atoms with Crippen LogP contribution in [-0.4, -0.2) is 24.9 Å². The average Bonchev–Trinajstić information content (AvgIpc) is 3.40. The summed E-state index contributed by atoms with van der Waals surface area (Å²) in [7, 11) is 0. The summed E-state index contributed by atoms with van der Waals surface area (Å²) in [6, 6.07) is 21.0. The summed E-state index contributed by atoms with van der Waals surface area (Å²) < 4.78 is 0. The van der Waals surface area contributed by atoms with Gasteiger partial charge in [-0.25, -0.2) is 0 Å². The van der Waals surface area contributed by atoms with Crippen molar-refractivity contribution in [2.75, 3.05) is 23.7 Å². The van der Waals surface area contributed by atoms with E-state index in [9.17, 15) is 9.59 Å². The van der Waals surface area contributed by atoms with Gasteiger partial charge in [0.05, 0.1) is 22.7 Å². The Labute approximate surface area is 174 Å². The molecule has 0 aliphatic carbocycles. The number of anilines is 2. The molecule has 1 fully saturated rings. The number of likely N-dealkylation sites (tertiary alicyclic amines) is 1. The minimum atomic E-state index is -0.239. The van der Waals surface area contributed by atoms with Crippen molar-refractivity contribution in [3.05, 3.63) is 82.6 Å². The molecule has 1 unspecified atom stereocenters. The highest BCUT2D eigenvalue weighted by atomic mass is 32.1. The zero-order chi connectivity index (χ0) is 20.1. The predicted octanol–water partition coefficient (Wildman–Crippen LogP) is 3.36. The number of nitrogens with one attached hydrogen (secondary N) is 3. The molecule has 148 valence electrons. The molecule has 0 spiro atoms. The summed E-state index contributed by atoms with van der Waals surface area (Å²) in [5.41, 5.74) is 1.71. The van der Waals surface area contributed by atoms with Crippen molar-refractivity contribution in [2.24, 2.45) is 0 Å². The lowest BCUT2D eigenvalue weighted by Crippen LogP contribution is -3.11. The molecule has 5 nitrogen and oxygen atoms in total. The van der Waals surface area contributed by atoms with Gasteiger partial charge in [0, 0.05) is 18.5 Å². The zero-order valence-corrected chi connectivity index (χ0v) is 16.9. The maximum atomic E-state index is 12.8. The highest BCUT2D eigenvalue weighted by Crippen LogP contribution is 2.23. The van der Waals surface area contributed by atoms with Crippen LogP contribution in [0.1, 0.15) is 34.1 Å². The Morgan fingerprint density at radius 3 is 2.55 bits per heavy atom. The number of quaternary nitrogens is 1. The Hall–Kier alpha value is -2.96. The molecule has 3 N–H and O–H groups in total. The number of hydrogen-bond acceptors (Lipinski definition) is 3. The second-order valence-corrected chi connectivity index (χ2v) is 8.19. The van der Waals surface area contributed by atoms with E-state index < -0.39 is 0 Å². The fraction of sp³-hybridized carbons (Fsp3) is 0.217. The molecule has 0 radical (unpaired) electrons. The first-order chi connectivity index (χ1) is 14.2. The van der Waals surface area contributed by atoms with Crippen molar-refractivity contribution in [1.29, 1.82) is 0 Å². The summed E-state index contributed by atoms with van der Waals surface area (Å²) in [4.78, 5) is 28.1. The van der Waals surface area contributed by atoms with Gasteiger partial charge in [0.25, 0.3) is 11.8 Å². The van der Waals surface area contributed by atoms with Crippen LogP contribution in [-0.2, 0) is 4.79 Å². The number of carbonyl (C=O) groups is 2. The smallest absolute Gasteiger partial charge is 0.279 e. The fourth-order valence-corrected chi connectivity index (χ4v) is 4.79. The molecular formula is C23H24N3O2S+. The van der Waals surface area contributed by atoms with Crippen LogP contribution < -0.4 is 15.5 Å². The van der Waals surface area contributed by atoms with E-state index in [0.717, 1.165) is 25.1 Å². The van der Waals surface area contributed by atoms with Gasteiger partial charge < -0.3 is 15.5 Å².